The Morgan fingerprint density at radius 1 is 0.304 bits per heavy atom. The van der Waals surface area contributed by atoms with Gasteiger partial charge in [0.15, 0.2) is 17.5 Å². The van der Waals surface area contributed by atoms with Crippen molar-refractivity contribution in [3.05, 3.63) is 188 Å². The van der Waals surface area contributed by atoms with Crippen LogP contribution in [-0.2, 0) is 0 Å². The van der Waals surface area contributed by atoms with Gasteiger partial charge in [0.2, 0.25) is 0 Å². The summed E-state index contributed by atoms with van der Waals surface area (Å²) in [5, 5.41) is 4.71. The molecule has 11 aromatic rings. The molecule has 0 N–H and O–H groups in total. The second-order valence-electron chi connectivity index (χ2n) is 14.0. The van der Waals surface area contributed by atoms with Gasteiger partial charge >= 0.3 is 0 Å². The van der Waals surface area contributed by atoms with Crippen molar-refractivity contribution in [1.29, 1.82) is 0 Å². The molecule has 11 rings (SSSR count). The molecular weight excluding hydrogens is 703 g/mol. The maximum atomic E-state index is 6.93. The van der Waals surface area contributed by atoms with Gasteiger partial charge in [-0.25, -0.2) is 15.0 Å². The predicted molar refractivity (Wildman–Crippen MR) is 233 cm³/mol. The van der Waals surface area contributed by atoms with Gasteiger partial charge in [-0.1, -0.05) is 164 Å². The van der Waals surface area contributed by atoms with E-state index in [4.69, 9.17) is 19.4 Å². The molecular formula is C51H31N3OS. The lowest BCUT2D eigenvalue weighted by atomic mass is 9.98. The molecule has 4 nitrogen and oxygen atoms in total. The Morgan fingerprint density at radius 2 is 0.804 bits per heavy atom. The number of benzene rings is 8. The minimum atomic E-state index is 0.617. The molecule has 0 bridgehead atoms. The number of rotatable bonds is 6. The summed E-state index contributed by atoms with van der Waals surface area (Å²) in [5.41, 5.74) is 11.2. The Labute approximate surface area is 327 Å². The van der Waals surface area contributed by atoms with Gasteiger partial charge in [-0.2, -0.15) is 0 Å². The highest BCUT2D eigenvalue weighted by molar-refractivity contribution is 7.25. The summed E-state index contributed by atoms with van der Waals surface area (Å²) >= 11 is 1.84. The van der Waals surface area contributed by atoms with Gasteiger partial charge in [-0.3, -0.25) is 0 Å². The fourth-order valence-corrected chi connectivity index (χ4v) is 8.92. The molecule has 0 saturated heterocycles. The zero-order valence-corrected chi connectivity index (χ0v) is 30.9. The van der Waals surface area contributed by atoms with E-state index in [1.54, 1.807) is 0 Å². The lowest BCUT2D eigenvalue weighted by molar-refractivity contribution is 0.671. The highest BCUT2D eigenvalue weighted by Crippen LogP contribution is 2.43. The molecule has 0 fully saturated rings. The van der Waals surface area contributed by atoms with Crippen molar-refractivity contribution in [2.24, 2.45) is 0 Å². The van der Waals surface area contributed by atoms with Crippen LogP contribution in [0, 0.1) is 0 Å². The maximum Gasteiger partial charge on any atom is 0.164 e. The van der Waals surface area contributed by atoms with Gasteiger partial charge in [-0.05, 0) is 46.5 Å². The molecule has 0 amide bonds. The van der Waals surface area contributed by atoms with E-state index in [0.29, 0.717) is 17.5 Å². The molecule has 0 atom stereocenters. The highest BCUT2D eigenvalue weighted by Gasteiger charge is 2.18. The number of hydrogen-bond acceptors (Lipinski definition) is 5. The van der Waals surface area contributed by atoms with E-state index in [1.165, 1.54) is 31.3 Å². The summed E-state index contributed by atoms with van der Waals surface area (Å²) in [6, 6.07) is 65.6. The van der Waals surface area contributed by atoms with Crippen molar-refractivity contribution < 1.29 is 4.42 Å². The molecule has 5 heteroatoms. The average Bonchev–Trinajstić information content (AvgIpc) is 3.85. The molecule has 0 aliphatic heterocycles. The molecule has 56 heavy (non-hydrogen) atoms. The van der Waals surface area contributed by atoms with Crippen LogP contribution < -0.4 is 0 Å². The van der Waals surface area contributed by atoms with Crippen molar-refractivity contribution >= 4 is 53.4 Å². The van der Waals surface area contributed by atoms with Crippen molar-refractivity contribution in [3.8, 4) is 67.5 Å². The SMILES string of the molecule is c1ccc(-c2ccc3c(c2)sc2ccc(-c4cccc5c4oc4c(-c6cccc(-c7nc(-c8ccccc8)nc(-c8ccccc8)n7)c6)cccc45)cc23)cc1. The number of fused-ring (bicyclic) bond motifs is 6. The fraction of sp³-hybridized carbons (Fsp3) is 0. The third kappa shape index (κ3) is 5.56. The van der Waals surface area contributed by atoms with Gasteiger partial charge in [0.05, 0.1) is 0 Å². The van der Waals surface area contributed by atoms with E-state index < -0.39 is 0 Å². The molecule has 0 saturated carbocycles. The van der Waals surface area contributed by atoms with Crippen LogP contribution in [0.4, 0.5) is 0 Å². The van der Waals surface area contributed by atoms with Gasteiger partial charge in [0.25, 0.3) is 0 Å². The topological polar surface area (TPSA) is 51.8 Å². The monoisotopic (exact) mass is 733 g/mol. The van der Waals surface area contributed by atoms with Crippen molar-refractivity contribution in [2.75, 3.05) is 0 Å². The Kier molecular flexibility index (Phi) is 7.64. The molecule has 8 aromatic carbocycles. The number of hydrogen-bond donors (Lipinski definition) is 0. The van der Waals surface area contributed by atoms with Gasteiger partial charge in [0.1, 0.15) is 11.2 Å². The van der Waals surface area contributed by atoms with E-state index in [9.17, 15) is 0 Å². The Bertz CT molecular complexity index is 3180. The molecule has 3 aromatic heterocycles. The van der Waals surface area contributed by atoms with E-state index in [-0.39, 0.29) is 0 Å². The fourth-order valence-electron chi connectivity index (χ4n) is 7.79. The second-order valence-corrected chi connectivity index (χ2v) is 15.1. The van der Waals surface area contributed by atoms with Crippen molar-refractivity contribution in [1.82, 2.24) is 15.0 Å². The summed E-state index contributed by atoms with van der Waals surface area (Å²) in [7, 11) is 0. The van der Waals surface area contributed by atoms with Gasteiger partial charge in [0, 0.05) is 58.8 Å². The molecule has 0 aliphatic carbocycles. The van der Waals surface area contributed by atoms with Gasteiger partial charge in [-0.15, -0.1) is 11.3 Å². The van der Waals surface area contributed by atoms with E-state index in [0.717, 1.165) is 60.9 Å². The summed E-state index contributed by atoms with van der Waals surface area (Å²) < 4.78 is 9.49. The number of furan rings is 1. The van der Waals surface area contributed by atoms with Crippen LogP contribution in [0.5, 0.6) is 0 Å². The van der Waals surface area contributed by atoms with Gasteiger partial charge < -0.3 is 4.42 Å². The number of nitrogens with zero attached hydrogens (tertiary/aromatic N) is 3. The van der Waals surface area contributed by atoms with Crippen LogP contribution in [0.2, 0.25) is 0 Å². The first-order valence-electron chi connectivity index (χ1n) is 18.7. The van der Waals surface area contributed by atoms with Crippen LogP contribution in [0.3, 0.4) is 0 Å². The third-order valence-corrected chi connectivity index (χ3v) is 11.7. The standard InChI is InChI=1S/C51H31N3OS/c1-4-13-32(14-5-1)35-25-27-41-44-30-37(26-28-45(44)56-46(41)31-35)40-22-12-24-43-42-23-11-21-39(47(42)55-48(40)43)36-19-10-20-38(29-36)51-53-49(33-15-6-2-7-16-33)52-50(54-51)34-17-8-3-9-18-34/h1-31H. The van der Waals surface area contributed by atoms with E-state index in [1.807, 2.05) is 72.0 Å². The molecule has 0 unspecified atom stereocenters. The van der Waals surface area contributed by atoms with Crippen LogP contribution in [-0.4, -0.2) is 15.0 Å². The van der Waals surface area contributed by atoms with Crippen LogP contribution in [0.1, 0.15) is 0 Å². The number of thiophene rings is 1. The lowest BCUT2D eigenvalue weighted by Gasteiger charge is -2.10. The zero-order valence-electron chi connectivity index (χ0n) is 30.1. The normalized spacial score (nSPS) is 11.6. The summed E-state index contributed by atoms with van der Waals surface area (Å²) in [6.45, 7) is 0. The number of aromatic nitrogens is 3. The lowest BCUT2D eigenvalue weighted by Crippen LogP contribution is -2.00. The second kappa shape index (κ2) is 13.3. The molecule has 3 heterocycles. The van der Waals surface area contributed by atoms with Crippen molar-refractivity contribution in [2.45, 2.75) is 0 Å². The first-order chi connectivity index (χ1) is 27.7. The molecule has 0 radical (unpaired) electrons. The summed E-state index contributed by atoms with van der Waals surface area (Å²) in [4.78, 5) is 14.9. The first kappa shape index (κ1) is 32.2. The predicted octanol–water partition coefficient (Wildman–Crippen LogP) is 14.1. The minimum absolute atomic E-state index is 0.617. The van der Waals surface area contributed by atoms with Crippen molar-refractivity contribution in [3.63, 3.8) is 0 Å². The molecule has 0 spiro atoms. The average molecular weight is 734 g/mol. The summed E-state index contributed by atoms with van der Waals surface area (Å²) in [6.07, 6.45) is 0. The van der Waals surface area contributed by atoms with E-state index in [2.05, 4.69) is 127 Å². The smallest absolute Gasteiger partial charge is 0.164 e. The molecule has 262 valence electrons. The van der Waals surface area contributed by atoms with Crippen LogP contribution in [0.15, 0.2) is 192 Å². The number of para-hydroxylation sites is 2. The molecule has 0 aliphatic rings. The quantitative estimate of drug-likeness (QED) is 0.171. The third-order valence-electron chi connectivity index (χ3n) is 10.5. The van der Waals surface area contributed by atoms with Crippen LogP contribution >= 0.6 is 11.3 Å². The summed E-state index contributed by atoms with van der Waals surface area (Å²) in [5.74, 6) is 1.89. The van der Waals surface area contributed by atoms with E-state index >= 15 is 0 Å². The maximum absolute atomic E-state index is 6.93. The van der Waals surface area contributed by atoms with Crippen LogP contribution in [0.25, 0.3) is 110 Å². The Hall–Kier alpha value is -7.21. The highest BCUT2D eigenvalue weighted by atomic mass is 32.1. The Morgan fingerprint density at radius 3 is 1.43 bits per heavy atom. The largest absolute Gasteiger partial charge is 0.455 e. The Balaban J connectivity index is 1.01. The first-order valence-corrected chi connectivity index (χ1v) is 19.5. The minimum Gasteiger partial charge on any atom is -0.455 e. The zero-order chi connectivity index (χ0) is 37.0.